The molecule has 0 bridgehead atoms. The summed E-state index contributed by atoms with van der Waals surface area (Å²) in [5, 5.41) is 3.68. The maximum atomic E-state index is 12.7. The Bertz CT molecular complexity index is 1080. The molecule has 0 radical (unpaired) electrons. The van der Waals surface area contributed by atoms with Crippen molar-refractivity contribution in [1.82, 2.24) is 5.16 Å². The molecule has 0 amide bonds. The molecule has 0 spiro atoms. The third kappa shape index (κ3) is 4.16. The fourth-order valence-corrected chi connectivity index (χ4v) is 9.72. The van der Waals surface area contributed by atoms with Gasteiger partial charge in [-0.3, -0.25) is 0 Å². The van der Waals surface area contributed by atoms with Gasteiger partial charge in [0.2, 0.25) is 5.76 Å². The molecule has 4 nitrogen and oxygen atoms in total. The predicted molar refractivity (Wildman–Crippen MR) is 148 cm³/mol. The Hall–Kier alpha value is -1.84. The molecule has 0 aromatic carbocycles. The predicted octanol–water partition coefficient (Wildman–Crippen LogP) is 9.09. The van der Waals surface area contributed by atoms with E-state index in [0.717, 1.165) is 18.8 Å². The van der Waals surface area contributed by atoms with Crippen LogP contribution in [-0.2, 0) is 4.74 Å². The second-order valence-electron chi connectivity index (χ2n) is 14.3. The van der Waals surface area contributed by atoms with E-state index in [-0.39, 0.29) is 28.7 Å². The number of esters is 1. The fraction of sp³-hybridized carbons (Fsp3) is 0.758. The summed E-state index contributed by atoms with van der Waals surface area (Å²) in [6, 6.07) is 1.59. The van der Waals surface area contributed by atoms with Gasteiger partial charge >= 0.3 is 5.97 Å². The molecular weight excluding hydrogens is 458 g/mol. The number of ether oxygens (including phenoxy) is 1. The highest BCUT2D eigenvalue weighted by molar-refractivity contribution is 5.86. The van der Waals surface area contributed by atoms with Gasteiger partial charge in [0.25, 0.3) is 0 Å². The summed E-state index contributed by atoms with van der Waals surface area (Å²) in [4.78, 5) is 12.7. The van der Waals surface area contributed by atoms with E-state index >= 15 is 0 Å². The topological polar surface area (TPSA) is 52.3 Å². The molecule has 4 aliphatic rings. The van der Waals surface area contributed by atoms with Crippen LogP contribution >= 0.6 is 0 Å². The lowest BCUT2D eigenvalue weighted by molar-refractivity contribution is -0.104. The number of hydrogen-bond donors (Lipinski definition) is 0. The molecule has 6 unspecified atom stereocenters. The van der Waals surface area contributed by atoms with E-state index in [1.54, 1.807) is 11.6 Å². The Kier molecular flexibility index (Phi) is 6.81. The van der Waals surface area contributed by atoms with Crippen LogP contribution in [0.1, 0.15) is 130 Å². The van der Waals surface area contributed by atoms with Crippen LogP contribution in [0.3, 0.4) is 0 Å². The average molecular weight is 508 g/mol. The van der Waals surface area contributed by atoms with Crippen molar-refractivity contribution in [2.45, 2.75) is 125 Å². The number of hydrogen-bond acceptors (Lipinski definition) is 4. The van der Waals surface area contributed by atoms with Gasteiger partial charge in [0.15, 0.2) is 0 Å². The van der Waals surface area contributed by atoms with E-state index in [1.807, 2.05) is 5.57 Å². The summed E-state index contributed by atoms with van der Waals surface area (Å²) in [6.07, 6.45) is 17.6. The highest BCUT2D eigenvalue weighted by atomic mass is 16.6. The van der Waals surface area contributed by atoms with Crippen LogP contribution in [0, 0.1) is 33.5 Å². The number of unbranched alkanes of at least 4 members (excludes halogenated alkanes) is 1. The largest absolute Gasteiger partial charge is 0.456 e. The smallest absolute Gasteiger partial charge is 0.377 e. The molecule has 204 valence electrons. The first-order valence-corrected chi connectivity index (χ1v) is 14.9. The van der Waals surface area contributed by atoms with E-state index in [9.17, 15) is 4.79 Å². The van der Waals surface area contributed by atoms with Crippen molar-refractivity contribution in [3.8, 4) is 0 Å². The minimum atomic E-state index is -0.377. The summed E-state index contributed by atoms with van der Waals surface area (Å²) in [6.45, 7) is 17.0. The molecule has 2 fully saturated rings. The van der Waals surface area contributed by atoms with Crippen LogP contribution in [0.2, 0.25) is 0 Å². The Labute approximate surface area is 224 Å². The minimum Gasteiger partial charge on any atom is -0.456 e. The van der Waals surface area contributed by atoms with E-state index in [0.29, 0.717) is 16.7 Å². The van der Waals surface area contributed by atoms with E-state index in [1.165, 1.54) is 69.6 Å². The van der Waals surface area contributed by atoms with Gasteiger partial charge in [0.05, 0.1) is 6.20 Å². The third-order valence-electron chi connectivity index (χ3n) is 12.1. The SMILES string of the molecule is CC(C)=CCCCC1CCC2(C)C3=C(CCC12C)C1(C)CCC(OC(=O)c2ccno2)C(C)(C)C1CC3. The first-order chi connectivity index (χ1) is 17.4. The van der Waals surface area contributed by atoms with Crippen molar-refractivity contribution in [2.24, 2.45) is 33.5 Å². The summed E-state index contributed by atoms with van der Waals surface area (Å²) >= 11 is 0. The van der Waals surface area contributed by atoms with Crippen molar-refractivity contribution < 1.29 is 14.1 Å². The number of aromatic nitrogens is 1. The van der Waals surface area contributed by atoms with Gasteiger partial charge in [-0.25, -0.2) is 4.79 Å². The highest BCUT2D eigenvalue weighted by Crippen LogP contribution is 2.72. The molecule has 2 saturated carbocycles. The van der Waals surface area contributed by atoms with E-state index < -0.39 is 0 Å². The number of carbonyl (C=O) groups excluding carboxylic acids is 1. The molecule has 0 saturated heterocycles. The first kappa shape index (κ1) is 26.8. The quantitative estimate of drug-likeness (QED) is 0.219. The molecule has 1 aromatic rings. The van der Waals surface area contributed by atoms with Gasteiger partial charge < -0.3 is 9.26 Å². The number of allylic oxidation sites excluding steroid dienone is 4. The first-order valence-electron chi connectivity index (χ1n) is 14.9. The molecule has 4 heteroatoms. The third-order valence-corrected chi connectivity index (χ3v) is 12.1. The van der Waals surface area contributed by atoms with Gasteiger partial charge in [0, 0.05) is 11.5 Å². The molecular formula is C33H49NO3. The van der Waals surface area contributed by atoms with Crippen LogP contribution in [0.15, 0.2) is 39.6 Å². The monoisotopic (exact) mass is 507 g/mol. The summed E-state index contributed by atoms with van der Waals surface area (Å²) in [5.41, 5.74) is 5.98. The number of carbonyl (C=O) groups is 1. The van der Waals surface area contributed by atoms with Crippen LogP contribution < -0.4 is 0 Å². The van der Waals surface area contributed by atoms with Crippen molar-refractivity contribution in [3.05, 3.63) is 40.8 Å². The Morgan fingerprint density at radius 2 is 1.84 bits per heavy atom. The van der Waals surface area contributed by atoms with Crippen molar-refractivity contribution >= 4 is 5.97 Å². The standard InChI is InChI=1S/C33H49NO3/c1-22(2)10-8-9-11-23-14-19-33(7)25-12-13-27-30(3,4)28(36-29(35)26-17-21-34-37-26)16-18-31(27,5)24(25)15-20-32(23,33)6/h10,17,21,23,27-28H,8-9,11-16,18-20H2,1-7H3. The number of fused-ring (bicyclic) bond motifs is 4. The zero-order chi connectivity index (χ0) is 26.6. The Morgan fingerprint density at radius 1 is 1.05 bits per heavy atom. The summed E-state index contributed by atoms with van der Waals surface area (Å²) < 4.78 is 11.1. The second-order valence-corrected chi connectivity index (χ2v) is 14.3. The molecule has 1 aromatic heterocycles. The molecule has 4 aliphatic carbocycles. The lowest BCUT2D eigenvalue weighted by Gasteiger charge is -2.62. The highest BCUT2D eigenvalue weighted by Gasteiger charge is 2.63. The van der Waals surface area contributed by atoms with Crippen LogP contribution in [-0.4, -0.2) is 17.2 Å². The van der Waals surface area contributed by atoms with Gasteiger partial charge in [0.1, 0.15) is 6.10 Å². The van der Waals surface area contributed by atoms with Gasteiger partial charge in [-0.15, -0.1) is 0 Å². The lowest BCUT2D eigenvalue weighted by atomic mass is 9.43. The van der Waals surface area contributed by atoms with Crippen LogP contribution in [0.25, 0.3) is 0 Å². The van der Waals surface area contributed by atoms with Crippen LogP contribution in [0.4, 0.5) is 0 Å². The molecule has 37 heavy (non-hydrogen) atoms. The number of nitrogens with zero attached hydrogens (tertiary/aromatic N) is 1. The lowest BCUT2D eigenvalue weighted by Crippen LogP contribution is -2.55. The molecule has 6 atom stereocenters. The maximum Gasteiger partial charge on any atom is 0.377 e. The van der Waals surface area contributed by atoms with Gasteiger partial charge in [-0.05, 0) is 113 Å². The molecule has 0 N–H and O–H groups in total. The summed E-state index contributed by atoms with van der Waals surface area (Å²) in [7, 11) is 0. The Balaban J connectivity index is 1.37. The molecule has 0 aliphatic heterocycles. The summed E-state index contributed by atoms with van der Waals surface area (Å²) in [5.74, 6) is 1.20. The van der Waals surface area contributed by atoms with E-state index in [4.69, 9.17) is 9.26 Å². The van der Waals surface area contributed by atoms with Gasteiger partial charge in [-0.1, -0.05) is 62.6 Å². The zero-order valence-electron chi connectivity index (χ0n) is 24.4. The fourth-order valence-electron chi connectivity index (χ4n) is 9.72. The van der Waals surface area contributed by atoms with Crippen molar-refractivity contribution in [2.75, 3.05) is 0 Å². The second kappa shape index (κ2) is 9.42. The normalized spacial score (nSPS) is 38.4. The van der Waals surface area contributed by atoms with Gasteiger partial charge in [-0.2, -0.15) is 0 Å². The average Bonchev–Trinajstić information content (AvgIpc) is 3.46. The molecule has 5 rings (SSSR count). The van der Waals surface area contributed by atoms with Crippen molar-refractivity contribution in [3.63, 3.8) is 0 Å². The van der Waals surface area contributed by atoms with Crippen molar-refractivity contribution in [1.29, 1.82) is 0 Å². The van der Waals surface area contributed by atoms with E-state index in [2.05, 4.69) is 59.7 Å². The Morgan fingerprint density at radius 3 is 2.54 bits per heavy atom. The number of rotatable bonds is 6. The maximum absolute atomic E-state index is 12.7. The minimum absolute atomic E-state index is 0.0774. The zero-order valence-corrected chi connectivity index (χ0v) is 24.4. The van der Waals surface area contributed by atoms with Crippen LogP contribution in [0.5, 0.6) is 0 Å². The molecule has 1 heterocycles.